The van der Waals surface area contributed by atoms with Gasteiger partial charge in [-0.2, -0.15) is 0 Å². The molecule has 0 saturated heterocycles. The summed E-state index contributed by atoms with van der Waals surface area (Å²) in [5, 5.41) is 3.30. The van der Waals surface area contributed by atoms with E-state index >= 15 is 0 Å². The van der Waals surface area contributed by atoms with Gasteiger partial charge in [-0.3, -0.25) is 0 Å². The molecular formula is C13H21NO3. The molecule has 1 aromatic carbocycles. The first kappa shape index (κ1) is 13.8. The Morgan fingerprint density at radius 1 is 1.12 bits per heavy atom. The Morgan fingerprint density at radius 2 is 1.88 bits per heavy atom. The zero-order chi connectivity index (χ0) is 12.5. The van der Waals surface area contributed by atoms with Crippen molar-refractivity contribution in [1.82, 2.24) is 5.32 Å². The van der Waals surface area contributed by atoms with Crippen molar-refractivity contribution in [2.45, 2.75) is 13.5 Å². The summed E-state index contributed by atoms with van der Waals surface area (Å²) in [7, 11) is 3.28. The van der Waals surface area contributed by atoms with Gasteiger partial charge in [0.2, 0.25) is 0 Å². The first-order chi connectivity index (χ1) is 8.31. The Kier molecular flexibility index (Phi) is 6.43. The van der Waals surface area contributed by atoms with Crippen LogP contribution in [0, 0.1) is 0 Å². The summed E-state index contributed by atoms with van der Waals surface area (Å²) >= 11 is 0. The molecule has 1 rings (SSSR count). The number of benzene rings is 1. The van der Waals surface area contributed by atoms with Gasteiger partial charge in [-0.05, 0) is 24.6 Å². The second kappa shape index (κ2) is 7.92. The molecule has 0 fully saturated rings. The van der Waals surface area contributed by atoms with Crippen molar-refractivity contribution in [3.05, 3.63) is 23.8 Å². The number of ether oxygens (including phenoxy) is 3. The van der Waals surface area contributed by atoms with Crippen LogP contribution in [0.4, 0.5) is 0 Å². The van der Waals surface area contributed by atoms with Gasteiger partial charge < -0.3 is 19.5 Å². The Morgan fingerprint density at radius 3 is 2.53 bits per heavy atom. The van der Waals surface area contributed by atoms with Crippen molar-refractivity contribution >= 4 is 0 Å². The third kappa shape index (κ3) is 4.63. The molecule has 0 unspecified atom stereocenters. The molecule has 0 aromatic heterocycles. The first-order valence-electron chi connectivity index (χ1n) is 5.81. The molecule has 0 radical (unpaired) electrons. The topological polar surface area (TPSA) is 39.7 Å². The average molecular weight is 239 g/mol. The highest BCUT2D eigenvalue weighted by Crippen LogP contribution is 2.27. The van der Waals surface area contributed by atoms with Gasteiger partial charge in [-0.25, -0.2) is 0 Å². The zero-order valence-electron chi connectivity index (χ0n) is 10.8. The third-order valence-corrected chi connectivity index (χ3v) is 2.40. The quantitative estimate of drug-likeness (QED) is 0.703. The lowest BCUT2D eigenvalue weighted by atomic mass is 10.2. The summed E-state index contributed by atoms with van der Waals surface area (Å²) in [6.45, 7) is 5.14. The molecular weight excluding hydrogens is 218 g/mol. The number of hydrogen-bond acceptors (Lipinski definition) is 4. The van der Waals surface area contributed by atoms with E-state index in [1.807, 2.05) is 25.1 Å². The monoisotopic (exact) mass is 239 g/mol. The maximum Gasteiger partial charge on any atom is 0.161 e. The lowest BCUT2D eigenvalue weighted by Gasteiger charge is -2.10. The van der Waals surface area contributed by atoms with Crippen LogP contribution in [0.3, 0.4) is 0 Å². The van der Waals surface area contributed by atoms with Crippen LogP contribution in [0.5, 0.6) is 11.5 Å². The van der Waals surface area contributed by atoms with Gasteiger partial charge in [0, 0.05) is 19.7 Å². The minimum absolute atomic E-state index is 0.740. The summed E-state index contributed by atoms with van der Waals surface area (Å²) in [6.07, 6.45) is 0. The fourth-order valence-electron chi connectivity index (χ4n) is 1.51. The van der Waals surface area contributed by atoms with Crippen molar-refractivity contribution in [2.75, 3.05) is 34.0 Å². The van der Waals surface area contributed by atoms with Crippen LogP contribution >= 0.6 is 0 Å². The van der Waals surface area contributed by atoms with Crippen LogP contribution in [-0.2, 0) is 11.3 Å². The smallest absolute Gasteiger partial charge is 0.161 e. The van der Waals surface area contributed by atoms with E-state index in [-0.39, 0.29) is 0 Å². The lowest BCUT2D eigenvalue weighted by molar-refractivity contribution is 0.149. The van der Waals surface area contributed by atoms with Gasteiger partial charge in [-0.15, -0.1) is 0 Å². The molecule has 0 aliphatic rings. The predicted octanol–water partition coefficient (Wildman–Crippen LogP) is 1.83. The van der Waals surface area contributed by atoms with E-state index in [1.54, 1.807) is 14.2 Å². The van der Waals surface area contributed by atoms with Crippen LogP contribution in [0.15, 0.2) is 18.2 Å². The standard InChI is InChI=1S/C13H21NO3/c1-4-17-8-7-14-10-11-5-6-12(15-2)13(9-11)16-3/h5-6,9,14H,4,7-8,10H2,1-3H3. The molecule has 4 nitrogen and oxygen atoms in total. The van der Waals surface area contributed by atoms with E-state index in [2.05, 4.69) is 5.32 Å². The molecule has 0 bridgehead atoms. The van der Waals surface area contributed by atoms with Gasteiger partial charge in [0.25, 0.3) is 0 Å². The summed E-state index contributed by atoms with van der Waals surface area (Å²) in [5.74, 6) is 1.52. The third-order valence-electron chi connectivity index (χ3n) is 2.40. The maximum atomic E-state index is 5.25. The Labute approximate surface area is 103 Å². The Balaban J connectivity index is 2.43. The van der Waals surface area contributed by atoms with Crippen LogP contribution in [0.25, 0.3) is 0 Å². The second-order valence-corrected chi connectivity index (χ2v) is 3.56. The zero-order valence-corrected chi connectivity index (χ0v) is 10.8. The number of rotatable bonds is 8. The van der Waals surface area contributed by atoms with E-state index in [4.69, 9.17) is 14.2 Å². The fourth-order valence-corrected chi connectivity index (χ4v) is 1.51. The van der Waals surface area contributed by atoms with E-state index < -0.39 is 0 Å². The normalized spacial score (nSPS) is 10.3. The highest BCUT2D eigenvalue weighted by molar-refractivity contribution is 5.42. The molecule has 0 atom stereocenters. The number of methoxy groups -OCH3 is 2. The minimum atomic E-state index is 0.740. The predicted molar refractivity (Wildman–Crippen MR) is 67.7 cm³/mol. The van der Waals surface area contributed by atoms with Gasteiger partial charge in [0.15, 0.2) is 11.5 Å². The fraction of sp³-hybridized carbons (Fsp3) is 0.538. The molecule has 0 aliphatic heterocycles. The molecule has 0 saturated carbocycles. The van der Waals surface area contributed by atoms with Crippen LogP contribution < -0.4 is 14.8 Å². The van der Waals surface area contributed by atoms with E-state index in [0.717, 1.165) is 37.8 Å². The maximum absolute atomic E-state index is 5.25. The summed E-state index contributed by atoms with van der Waals surface area (Å²) in [4.78, 5) is 0. The molecule has 0 spiro atoms. The number of nitrogens with one attached hydrogen (secondary N) is 1. The van der Waals surface area contributed by atoms with E-state index in [0.29, 0.717) is 0 Å². The molecule has 1 N–H and O–H groups in total. The van der Waals surface area contributed by atoms with Gasteiger partial charge in [0.05, 0.1) is 20.8 Å². The number of hydrogen-bond donors (Lipinski definition) is 1. The lowest BCUT2D eigenvalue weighted by Crippen LogP contribution is -2.19. The molecule has 96 valence electrons. The van der Waals surface area contributed by atoms with Crippen molar-refractivity contribution in [3.63, 3.8) is 0 Å². The van der Waals surface area contributed by atoms with Gasteiger partial charge >= 0.3 is 0 Å². The summed E-state index contributed by atoms with van der Waals surface area (Å²) in [6, 6.07) is 5.92. The second-order valence-electron chi connectivity index (χ2n) is 3.56. The highest BCUT2D eigenvalue weighted by Gasteiger charge is 2.03. The molecule has 1 aromatic rings. The van der Waals surface area contributed by atoms with Crippen molar-refractivity contribution in [1.29, 1.82) is 0 Å². The summed E-state index contributed by atoms with van der Waals surface area (Å²) in [5.41, 5.74) is 1.17. The Hall–Kier alpha value is -1.26. The van der Waals surface area contributed by atoms with Crippen LogP contribution in [0.2, 0.25) is 0 Å². The van der Waals surface area contributed by atoms with Crippen LogP contribution in [0.1, 0.15) is 12.5 Å². The average Bonchev–Trinajstić information content (AvgIpc) is 2.38. The van der Waals surface area contributed by atoms with Crippen molar-refractivity contribution in [3.8, 4) is 11.5 Å². The van der Waals surface area contributed by atoms with Gasteiger partial charge in [-0.1, -0.05) is 6.07 Å². The minimum Gasteiger partial charge on any atom is -0.493 e. The van der Waals surface area contributed by atoms with Crippen molar-refractivity contribution in [2.24, 2.45) is 0 Å². The highest BCUT2D eigenvalue weighted by atomic mass is 16.5. The summed E-state index contributed by atoms with van der Waals surface area (Å²) < 4.78 is 15.7. The molecule has 0 heterocycles. The van der Waals surface area contributed by atoms with Gasteiger partial charge in [0.1, 0.15) is 0 Å². The van der Waals surface area contributed by atoms with Crippen molar-refractivity contribution < 1.29 is 14.2 Å². The largest absolute Gasteiger partial charge is 0.493 e. The van der Waals surface area contributed by atoms with E-state index in [9.17, 15) is 0 Å². The first-order valence-corrected chi connectivity index (χ1v) is 5.81. The van der Waals surface area contributed by atoms with E-state index in [1.165, 1.54) is 5.56 Å². The molecule has 0 aliphatic carbocycles. The Bertz CT molecular complexity index is 328. The molecule has 4 heteroatoms. The SMILES string of the molecule is CCOCCNCc1ccc(OC)c(OC)c1. The molecule has 17 heavy (non-hydrogen) atoms. The van der Waals surface area contributed by atoms with Crippen LogP contribution in [-0.4, -0.2) is 34.0 Å². The molecule has 0 amide bonds.